The van der Waals surface area contributed by atoms with Gasteiger partial charge in [0.05, 0.1) is 5.69 Å². The minimum Gasteiger partial charge on any atom is -0.378 e. The van der Waals surface area contributed by atoms with Crippen molar-refractivity contribution in [1.29, 1.82) is 0 Å². The van der Waals surface area contributed by atoms with Crippen molar-refractivity contribution >= 4 is 35.6 Å². The predicted octanol–water partition coefficient (Wildman–Crippen LogP) is 3.76. The number of hydrogen-bond acceptors (Lipinski definition) is 3. The largest absolute Gasteiger partial charge is 0.378 e. The molecule has 0 aliphatic rings. The van der Waals surface area contributed by atoms with Gasteiger partial charge < -0.3 is 15.5 Å². The van der Waals surface area contributed by atoms with E-state index in [2.05, 4.69) is 88.6 Å². The molecule has 1 heterocycles. The van der Waals surface area contributed by atoms with Crippen LogP contribution in [0.5, 0.6) is 0 Å². The Hall–Kier alpha value is -1.77. The van der Waals surface area contributed by atoms with Crippen LogP contribution in [0.1, 0.15) is 36.7 Å². The van der Waals surface area contributed by atoms with E-state index in [4.69, 9.17) is 0 Å². The highest BCUT2D eigenvalue weighted by molar-refractivity contribution is 14.0. The van der Waals surface area contributed by atoms with Crippen LogP contribution in [0.4, 0.5) is 5.69 Å². The van der Waals surface area contributed by atoms with Crippen molar-refractivity contribution in [3.63, 3.8) is 0 Å². The summed E-state index contributed by atoms with van der Waals surface area (Å²) in [5.41, 5.74) is 4.90. The molecule has 0 aliphatic heterocycles. The summed E-state index contributed by atoms with van der Waals surface area (Å²) < 4.78 is 2.06. The number of aryl methyl sites for hydroxylation is 4. The maximum absolute atomic E-state index is 4.69. The number of hydrogen-bond donors (Lipinski definition) is 2. The lowest BCUT2D eigenvalue weighted by molar-refractivity contribution is 0.567. The average molecular weight is 512 g/mol. The number of nitrogens with one attached hydrogen (secondary N) is 2. The van der Waals surface area contributed by atoms with E-state index >= 15 is 0 Å². The minimum atomic E-state index is 0. The first-order valence-electron chi connectivity index (χ1n) is 10.3. The van der Waals surface area contributed by atoms with Gasteiger partial charge >= 0.3 is 0 Å². The Kier molecular flexibility index (Phi) is 11.7. The normalized spacial score (nSPS) is 11.1. The molecule has 7 heteroatoms. The van der Waals surface area contributed by atoms with Gasteiger partial charge in [-0.2, -0.15) is 5.10 Å². The molecule has 0 spiro atoms. The van der Waals surface area contributed by atoms with Crippen LogP contribution >= 0.6 is 24.0 Å². The lowest BCUT2D eigenvalue weighted by atomic mass is 10.1. The lowest BCUT2D eigenvalue weighted by Crippen LogP contribution is -2.38. The van der Waals surface area contributed by atoms with E-state index in [-0.39, 0.29) is 24.0 Å². The summed E-state index contributed by atoms with van der Waals surface area (Å²) in [6, 6.07) is 10.9. The van der Waals surface area contributed by atoms with Gasteiger partial charge in [0.1, 0.15) is 0 Å². The van der Waals surface area contributed by atoms with Gasteiger partial charge in [0.2, 0.25) is 0 Å². The summed E-state index contributed by atoms with van der Waals surface area (Å²) >= 11 is 0. The zero-order valence-electron chi connectivity index (χ0n) is 18.5. The number of benzene rings is 1. The maximum Gasteiger partial charge on any atom is 0.191 e. The van der Waals surface area contributed by atoms with Gasteiger partial charge in [0, 0.05) is 51.7 Å². The third-order valence-electron chi connectivity index (χ3n) is 4.63. The topological polar surface area (TPSA) is 57.5 Å². The molecule has 2 rings (SSSR count). The molecule has 162 valence electrons. The van der Waals surface area contributed by atoms with Gasteiger partial charge in [-0.05, 0) is 63.8 Å². The van der Waals surface area contributed by atoms with Gasteiger partial charge in [-0.1, -0.05) is 12.1 Å². The van der Waals surface area contributed by atoms with Gasteiger partial charge in [0.25, 0.3) is 0 Å². The lowest BCUT2D eigenvalue weighted by Gasteiger charge is -2.13. The van der Waals surface area contributed by atoms with Gasteiger partial charge in [0.15, 0.2) is 5.96 Å². The summed E-state index contributed by atoms with van der Waals surface area (Å²) in [4.78, 5) is 6.81. The molecule has 0 saturated heterocycles. The molecule has 1 aromatic heterocycles. The second kappa shape index (κ2) is 13.5. The van der Waals surface area contributed by atoms with E-state index in [1.165, 1.54) is 16.9 Å². The number of guanidine groups is 1. The second-order valence-corrected chi connectivity index (χ2v) is 7.36. The van der Waals surface area contributed by atoms with Crippen LogP contribution < -0.4 is 15.5 Å². The van der Waals surface area contributed by atoms with Crippen LogP contribution in [0.3, 0.4) is 0 Å². The third kappa shape index (κ3) is 9.06. The van der Waals surface area contributed by atoms with Gasteiger partial charge in [-0.25, -0.2) is 0 Å². The first-order chi connectivity index (χ1) is 13.5. The second-order valence-electron chi connectivity index (χ2n) is 7.36. The van der Waals surface area contributed by atoms with Crippen LogP contribution in [0.2, 0.25) is 0 Å². The number of rotatable bonds is 10. The van der Waals surface area contributed by atoms with Crippen molar-refractivity contribution in [2.75, 3.05) is 38.6 Å². The molecule has 1 aromatic carbocycles. The van der Waals surface area contributed by atoms with E-state index in [0.29, 0.717) is 0 Å². The monoisotopic (exact) mass is 512 g/mol. The summed E-state index contributed by atoms with van der Waals surface area (Å²) in [7, 11) is 4.13. The molecule has 29 heavy (non-hydrogen) atoms. The molecule has 2 N–H and O–H groups in total. The number of halogens is 1. The SMILES string of the molecule is CCNC(=NCCCn1nc(C)cc1C)NCCCc1ccc(N(C)C)cc1.I. The third-order valence-corrected chi connectivity index (χ3v) is 4.63. The van der Waals surface area contributed by atoms with Gasteiger partial charge in [-0.3, -0.25) is 9.67 Å². The Morgan fingerprint density at radius 2 is 1.83 bits per heavy atom. The molecule has 0 bridgehead atoms. The molecular formula is C22H37IN6. The predicted molar refractivity (Wildman–Crippen MR) is 135 cm³/mol. The first-order valence-corrected chi connectivity index (χ1v) is 10.3. The zero-order valence-corrected chi connectivity index (χ0v) is 20.9. The van der Waals surface area contributed by atoms with Gasteiger partial charge in [-0.15, -0.1) is 24.0 Å². The molecule has 6 nitrogen and oxygen atoms in total. The van der Waals surface area contributed by atoms with Crippen molar-refractivity contribution in [3.8, 4) is 0 Å². The molecule has 0 saturated carbocycles. The van der Waals surface area contributed by atoms with Crippen molar-refractivity contribution in [1.82, 2.24) is 20.4 Å². The fourth-order valence-electron chi connectivity index (χ4n) is 3.11. The molecule has 0 radical (unpaired) electrons. The highest BCUT2D eigenvalue weighted by atomic mass is 127. The Morgan fingerprint density at radius 1 is 1.10 bits per heavy atom. The Balaban J connectivity index is 0.00000420. The fraction of sp³-hybridized carbons (Fsp3) is 0.545. The van der Waals surface area contributed by atoms with E-state index in [1.54, 1.807) is 0 Å². The smallest absolute Gasteiger partial charge is 0.191 e. The molecule has 2 aromatic rings. The van der Waals surface area contributed by atoms with Crippen LogP contribution in [-0.2, 0) is 13.0 Å². The fourth-order valence-corrected chi connectivity index (χ4v) is 3.11. The maximum atomic E-state index is 4.69. The van der Waals surface area contributed by atoms with E-state index in [0.717, 1.165) is 57.1 Å². The van der Waals surface area contributed by atoms with E-state index < -0.39 is 0 Å². The summed E-state index contributed by atoms with van der Waals surface area (Å²) in [5, 5.41) is 11.3. The number of aliphatic imine (C=N–C) groups is 1. The van der Waals surface area contributed by atoms with Crippen molar-refractivity contribution in [3.05, 3.63) is 47.3 Å². The average Bonchev–Trinajstić information content (AvgIpc) is 2.99. The minimum absolute atomic E-state index is 0. The standard InChI is InChI=1S/C22H36N6.HI/c1-6-23-22(25-15-8-16-28-19(3)17-18(2)26-28)24-14-7-9-20-10-12-21(13-11-20)27(4)5;/h10-13,17H,6-9,14-16H2,1-5H3,(H2,23,24,25);1H. The van der Waals surface area contributed by atoms with Crippen molar-refractivity contribution in [2.24, 2.45) is 4.99 Å². The van der Waals surface area contributed by atoms with Crippen LogP contribution in [0.25, 0.3) is 0 Å². The molecule has 0 amide bonds. The van der Waals surface area contributed by atoms with Crippen molar-refractivity contribution in [2.45, 2.75) is 46.6 Å². The summed E-state index contributed by atoms with van der Waals surface area (Å²) in [6.07, 6.45) is 3.13. The Morgan fingerprint density at radius 3 is 2.41 bits per heavy atom. The van der Waals surface area contributed by atoms with E-state index in [1.807, 2.05) is 6.92 Å². The molecule has 0 aliphatic carbocycles. The quantitative estimate of drug-likeness (QED) is 0.220. The van der Waals surface area contributed by atoms with Crippen molar-refractivity contribution < 1.29 is 0 Å². The molecule has 0 atom stereocenters. The van der Waals surface area contributed by atoms with Crippen LogP contribution in [0.15, 0.2) is 35.3 Å². The summed E-state index contributed by atoms with van der Waals surface area (Å²) in [6.45, 7) is 9.72. The Bertz CT molecular complexity index is 736. The molecular weight excluding hydrogens is 475 g/mol. The summed E-state index contributed by atoms with van der Waals surface area (Å²) in [5.74, 6) is 0.902. The van der Waals surface area contributed by atoms with Crippen LogP contribution in [-0.4, -0.2) is 49.5 Å². The molecule has 0 unspecified atom stereocenters. The molecule has 0 fully saturated rings. The number of nitrogens with zero attached hydrogens (tertiary/aromatic N) is 4. The van der Waals surface area contributed by atoms with E-state index in [9.17, 15) is 0 Å². The highest BCUT2D eigenvalue weighted by Crippen LogP contribution is 2.13. The zero-order chi connectivity index (χ0) is 20.4. The number of anilines is 1. The number of aromatic nitrogens is 2. The Labute approximate surface area is 193 Å². The van der Waals surface area contributed by atoms with Crippen LogP contribution in [0, 0.1) is 13.8 Å². The highest BCUT2D eigenvalue weighted by Gasteiger charge is 2.01. The first kappa shape index (κ1) is 25.3.